The van der Waals surface area contributed by atoms with Gasteiger partial charge in [0.25, 0.3) is 0 Å². The number of primary amides is 1. The lowest BCUT2D eigenvalue weighted by molar-refractivity contribution is -0.142. The van der Waals surface area contributed by atoms with Gasteiger partial charge in [-0.25, -0.2) is 9.48 Å². The molecule has 0 bridgehead atoms. The van der Waals surface area contributed by atoms with Crippen molar-refractivity contribution in [1.82, 2.24) is 25.5 Å². The molecule has 1 aromatic heterocycles. The number of nitrogens with two attached hydrogens (primary N) is 1. The number of carboxylic acids is 1. The third kappa shape index (κ3) is 4.55. The number of carbonyl (C=O) groups is 3. The molecule has 10 nitrogen and oxygen atoms in total. The Morgan fingerprint density at radius 2 is 2.17 bits per heavy atom. The maximum Gasteiger partial charge on any atom is 0.326 e. The highest BCUT2D eigenvalue weighted by atomic mass is 16.4. The molecule has 1 heterocycles. The number of tetrazole rings is 1. The van der Waals surface area contributed by atoms with Crippen LogP contribution in [0.15, 0.2) is 6.33 Å². The fourth-order valence-corrected chi connectivity index (χ4v) is 1.18. The smallest absolute Gasteiger partial charge is 0.326 e. The molecule has 10 heteroatoms. The van der Waals surface area contributed by atoms with Crippen molar-refractivity contribution in [3.05, 3.63) is 6.33 Å². The van der Waals surface area contributed by atoms with Crippen molar-refractivity contribution in [3.63, 3.8) is 0 Å². The molecule has 0 aliphatic heterocycles. The Balaban J connectivity index is 2.47. The molecule has 0 aromatic carbocycles. The van der Waals surface area contributed by atoms with Crippen LogP contribution in [0.4, 0.5) is 0 Å². The largest absolute Gasteiger partial charge is 0.480 e. The number of carbonyl (C=O) groups excluding carboxylic acids is 2. The number of hydrogen-bond acceptors (Lipinski definition) is 6. The SMILES string of the molecule is NC(=O)CC[C@@H](NC(=O)Cn1cnnn1)C(=O)O. The van der Waals surface area contributed by atoms with Crippen molar-refractivity contribution >= 4 is 17.8 Å². The van der Waals surface area contributed by atoms with E-state index < -0.39 is 23.8 Å². The lowest BCUT2D eigenvalue weighted by Gasteiger charge is -2.13. The van der Waals surface area contributed by atoms with Gasteiger partial charge < -0.3 is 16.2 Å². The molecule has 1 atom stereocenters. The minimum Gasteiger partial charge on any atom is -0.480 e. The Bertz CT molecular complexity index is 431. The van der Waals surface area contributed by atoms with Gasteiger partial charge in [0.05, 0.1) is 0 Å². The fourth-order valence-electron chi connectivity index (χ4n) is 1.18. The number of carboxylic acid groups (broad SMARTS) is 1. The zero-order chi connectivity index (χ0) is 13.5. The summed E-state index contributed by atoms with van der Waals surface area (Å²) in [7, 11) is 0. The lowest BCUT2D eigenvalue weighted by Crippen LogP contribution is -2.42. The van der Waals surface area contributed by atoms with Crippen LogP contribution in [0.3, 0.4) is 0 Å². The molecule has 0 unspecified atom stereocenters. The van der Waals surface area contributed by atoms with Crippen molar-refractivity contribution in [2.45, 2.75) is 25.4 Å². The molecule has 0 saturated heterocycles. The predicted octanol–water partition coefficient (Wildman–Crippen LogP) is -2.49. The number of aliphatic carboxylic acids is 1. The highest BCUT2D eigenvalue weighted by Crippen LogP contribution is 1.97. The van der Waals surface area contributed by atoms with Crippen LogP contribution in [0.2, 0.25) is 0 Å². The Hall–Kier alpha value is -2.52. The Morgan fingerprint density at radius 3 is 2.67 bits per heavy atom. The van der Waals surface area contributed by atoms with E-state index >= 15 is 0 Å². The number of nitrogens with one attached hydrogen (secondary N) is 1. The summed E-state index contributed by atoms with van der Waals surface area (Å²) in [5, 5.41) is 21.2. The number of hydrogen-bond donors (Lipinski definition) is 3. The average molecular weight is 256 g/mol. The number of aromatic nitrogens is 4. The standard InChI is InChI=1S/C8H12N6O4/c9-6(15)2-1-5(8(17)18)11-7(16)3-14-4-10-12-13-14/h4-5H,1-3H2,(H2,9,15)(H,11,16)(H,17,18)/t5-/m1/s1. The molecular formula is C8H12N6O4. The summed E-state index contributed by atoms with van der Waals surface area (Å²) in [4.78, 5) is 32.9. The van der Waals surface area contributed by atoms with Crippen molar-refractivity contribution in [2.24, 2.45) is 5.73 Å². The van der Waals surface area contributed by atoms with Gasteiger partial charge in [0, 0.05) is 6.42 Å². The van der Waals surface area contributed by atoms with Crippen LogP contribution in [0.5, 0.6) is 0 Å². The first kappa shape index (κ1) is 13.5. The quantitative estimate of drug-likeness (QED) is 0.487. The molecule has 0 radical (unpaired) electrons. The zero-order valence-electron chi connectivity index (χ0n) is 9.31. The van der Waals surface area contributed by atoms with Crippen LogP contribution >= 0.6 is 0 Å². The summed E-state index contributed by atoms with van der Waals surface area (Å²) < 4.78 is 1.14. The molecule has 0 aliphatic carbocycles. The summed E-state index contributed by atoms with van der Waals surface area (Å²) in [6.07, 6.45) is 1.03. The summed E-state index contributed by atoms with van der Waals surface area (Å²) in [6.45, 7) is -0.201. The molecule has 0 fully saturated rings. The van der Waals surface area contributed by atoms with Gasteiger partial charge in [0.1, 0.15) is 18.9 Å². The van der Waals surface area contributed by atoms with Gasteiger partial charge in [0.2, 0.25) is 11.8 Å². The van der Waals surface area contributed by atoms with Gasteiger partial charge in [-0.1, -0.05) is 0 Å². The maximum atomic E-state index is 11.5. The van der Waals surface area contributed by atoms with Gasteiger partial charge in [-0.15, -0.1) is 5.10 Å². The van der Waals surface area contributed by atoms with Crippen molar-refractivity contribution in [1.29, 1.82) is 0 Å². The fraction of sp³-hybridized carbons (Fsp3) is 0.500. The minimum atomic E-state index is -1.23. The topological polar surface area (TPSA) is 153 Å². The first-order valence-corrected chi connectivity index (χ1v) is 5.00. The minimum absolute atomic E-state index is 0.0635. The average Bonchev–Trinajstić information content (AvgIpc) is 2.76. The second-order valence-electron chi connectivity index (χ2n) is 3.47. The van der Waals surface area contributed by atoms with Crippen LogP contribution in [0, 0.1) is 0 Å². The van der Waals surface area contributed by atoms with E-state index in [2.05, 4.69) is 20.8 Å². The van der Waals surface area contributed by atoms with E-state index in [1.165, 1.54) is 6.33 Å². The molecule has 98 valence electrons. The summed E-state index contributed by atoms with van der Waals surface area (Å²) in [5.41, 5.74) is 4.91. The summed E-state index contributed by atoms with van der Waals surface area (Å²) >= 11 is 0. The van der Waals surface area contributed by atoms with Crippen molar-refractivity contribution in [3.8, 4) is 0 Å². The van der Waals surface area contributed by atoms with Crippen LogP contribution in [0.25, 0.3) is 0 Å². The Labute approximate surface area is 101 Å². The van der Waals surface area contributed by atoms with Gasteiger partial charge in [-0.2, -0.15) is 0 Å². The number of rotatable bonds is 7. The Kier molecular flexibility index (Phi) is 4.72. The first-order valence-electron chi connectivity index (χ1n) is 5.00. The van der Waals surface area contributed by atoms with E-state index in [4.69, 9.17) is 10.8 Å². The van der Waals surface area contributed by atoms with E-state index in [9.17, 15) is 14.4 Å². The number of nitrogens with zero attached hydrogens (tertiary/aromatic N) is 4. The van der Waals surface area contributed by atoms with Crippen LogP contribution in [0.1, 0.15) is 12.8 Å². The van der Waals surface area contributed by atoms with Gasteiger partial charge in [-0.05, 0) is 16.8 Å². The summed E-state index contributed by atoms with van der Waals surface area (Å²) in [6, 6.07) is -1.17. The van der Waals surface area contributed by atoms with Crippen LogP contribution in [-0.2, 0) is 20.9 Å². The van der Waals surface area contributed by atoms with Gasteiger partial charge in [-0.3, -0.25) is 9.59 Å². The van der Waals surface area contributed by atoms with Gasteiger partial charge >= 0.3 is 5.97 Å². The normalized spacial score (nSPS) is 11.8. The third-order valence-corrected chi connectivity index (χ3v) is 2.01. The number of amides is 2. The highest BCUT2D eigenvalue weighted by Gasteiger charge is 2.20. The van der Waals surface area contributed by atoms with E-state index in [0.717, 1.165) is 4.68 Å². The molecule has 1 aromatic rings. The first-order chi connectivity index (χ1) is 8.49. The molecular weight excluding hydrogens is 244 g/mol. The van der Waals surface area contributed by atoms with Crippen molar-refractivity contribution < 1.29 is 19.5 Å². The second-order valence-corrected chi connectivity index (χ2v) is 3.47. The second kappa shape index (κ2) is 6.27. The van der Waals surface area contributed by atoms with E-state index in [1.54, 1.807) is 0 Å². The van der Waals surface area contributed by atoms with Crippen LogP contribution in [-0.4, -0.2) is 49.1 Å². The van der Waals surface area contributed by atoms with E-state index in [0.29, 0.717) is 0 Å². The van der Waals surface area contributed by atoms with E-state index in [-0.39, 0.29) is 19.4 Å². The molecule has 0 aliphatic rings. The van der Waals surface area contributed by atoms with E-state index in [1.807, 2.05) is 0 Å². The predicted molar refractivity (Wildman–Crippen MR) is 55.8 cm³/mol. The lowest BCUT2D eigenvalue weighted by atomic mass is 10.1. The highest BCUT2D eigenvalue weighted by molar-refractivity contribution is 5.84. The van der Waals surface area contributed by atoms with Crippen molar-refractivity contribution in [2.75, 3.05) is 0 Å². The molecule has 2 amide bonds. The summed E-state index contributed by atoms with van der Waals surface area (Å²) in [5.74, 6) is -2.43. The molecule has 18 heavy (non-hydrogen) atoms. The van der Waals surface area contributed by atoms with Gasteiger partial charge in [0.15, 0.2) is 0 Å². The molecule has 0 spiro atoms. The van der Waals surface area contributed by atoms with Crippen LogP contribution < -0.4 is 11.1 Å². The third-order valence-electron chi connectivity index (χ3n) is 2.01. The Morgan fingerprint density at radius 1 is 1.44 bits per heavy atom. The molecule has 4 N–H and O–H groups in total. The molecule has 1 rings (SSSR count). The monoisotopic (exact) mass is 256 g/mol. The maximum absolute atomic E-state index is 11.5. The molecule has 0 saturated carbocycles. The zero-order valence-corrected chi connectivity index (χ0v) is 9.31.